The average Bonchev–Trinajstić information content (AvgIpc) is 2.86. The minimum Gasteiger partial charge on any atom is -0.475 e. The molecule has 4 nitrogen and oxygen atoms in total. The van der Waals surface area contributed by atoms with Crippen LogP contribution in [0.3, 0.4) is 0 Å². The van der Waals surface area contributed by atoms with Crippen molar-refractivity contribution < 1.29 is 14.3 Å². The van der Waals surface area contributed by atoms with Gasteiger partial charge >= 0.3 is 5.97 Å². The van der Waals surface area contributed by atoms with Gasteiger partial charge in [0.25, 0.3) is 0 Å². The Morgan fingerprint density at radius 3 is 2.81 bits per heavy atom. The van der Waals surface area contributed by atoms with Crippen molar-refractivity contribution in [2.24, 2.45) is 0 Å². The van der Waals surface area contributed by atoms with E-state index in [1.54, 1.807) is 12.3 Å². The molecule has 0 unspecified atom stereocenters. The third-order valence-electron chi connectivity index (χ3n) is 2.96. The van der Waals surface area contributed by atoms with E-state index in [-0.39, 0.29) is 5.76 Å². The van der Waals surface area contributed by atoms with Gasteiger partial charge in [-0.05, 0) is 34.1 Å². The van der Waals surface area contributed by atoms with E-state index in [2.05, 4.69) is 20.9 Å². The molecule has 0 aliphatic rings. The second-order valence-corrected chi connectivity index (χ2v) is 6.23. The molecular formula is C15H10BrNO3S. The van der Waals surface area contributed by atoms with Crippen molar-refractivity contribution in [2.45, 2.75) is 10.8 Å². The molecular weight excluding hydrogens is 354 g/mol. The van der Waals surface area contributed by atoms with Crippen LogP contribution in [0.2, 0.25) is 0 Å². The number of fused-ring (bicyclic) bond motifs is 1. The number of aromatic carboxylic acids is 1. The van der Waals surface area contributed by atoms with Gasteiger partial charge < -0.3 is 9.52 Å². The van der Waals surface area contributed by atoms with Crippen LogP contribution in [0.25, 0.3) is 11.0 Å². The fourth-order valence-electron chi connectivity index (χ4n) is 2.01. The summed E-state index contributed by atoms with van der Waals surface area (Å²) < 4.78 is 6.34. The summed E-state index contributed by atoms with van der Waals surface area (Å²) in [6.45, 7) is 0. The zero-order chi connectivity index (χ0) is 14.8. The Kier molecular flexibility index (Phi) is 3.98. The monoisotopic (exact) mass is 363 g/mol. The highest BCUT2D eigenvalue weighted by atomic mass is 79.9. The highest BCUT2D eigenvalue weighted by molar-refractivity contribution is 9.10. The molecule has 6 heteroatoms. The SMILES string of the molecule is O=C(O)c1oc2ccccc2c1CSc1ccc(Br)cn1. The molecule has 0 saturated carbocycles. The predicted molar refractivity (Wildman–Crippen MR) is 84.7 cm³/mol. The van der Waals surface area contributed by atoms with Crippen molar-refractivity contribution in [1.29, 1.82) is 0 Å². The Bertz CT molecular complexity index is 798. The number of pyridine rings is 1. The largest absolute Gasteiger partial charge is 0.475 e. The van der Waals surface area contributed by atoms with Gasteiger partial charge in [0.05, 0.1) is 5.03 Å². The highest BCUT2D eigenvalue weighted by Crippen LogP contribution is 2.31. The number of nitrogens with zero attached hydrogens (tertiary/aromatic N) is 1. The second-order valence-electron chi connectivity index (χ2n) is 4.31. The molecule has 0 aliphatic heterocycles. The molecule has 3 aromatic rings. The van der Waals surface area contributed by atoms with Crippen molar-refractivity contribution in [2.75, 3.05) is 0 Å². The quantitative estimate of drug-likeness (QED) is 0.687. The van der Waals surface area contributed by atoms with E-state index >= 15 is 0 Å². The maximum absolute atomic E-state index is 11.3. The van der Waals surface area contributed by atoms with Crippen molar-refractivity contribution in [3.8, 4) is 0 Å². The minimum atomic E-state index is -1.05. The summed E-state index contributed by atoms with van der Waals surface area (Å²) in [6.07, 6.45) is 1.72. The van der Waals surface area contributed by atoms with Gasteiger partial charge in [-0.1, -0.05) is 18.2 Å². The van der Waals surface area contributed by atoms with Crippen LogP contribution in [0.1, 0.15) is 16.1 Å². The lowest BCUT2D eigenvalue weighted by molar-refractivity contribution is 0.0664. The molecule has 0 spiro atoms. The molecule has 1 aromatic carbocycles. The van der Waals surface area contributed by atoms with Crippen LogP contribution in [0, 0.1) is 0 Å². The van der Waals surface area contributed by atoms with Crippen molar-refractivity contribution in [3.05, 3.63) is 58.4 Å². The lowest BCUT2D eigenvalue weighted by atomic mass is 10.1. The summed E-state index contributed by atoms with van der Waals surface area (Å²) in [5.74, 6) is -0.556. The van der Waals surface area contributed by atoms with Crippen LogP contribution in [-0.4, -0.2) is 16.1 Å². The zero-order valence-corrected chi connectivity index (χ0v) is 13.1. The molecule has 0 saturated heterocycles. The van der Waals surface area contributed by atoms with E-state index in [1.165, 1.54) is 11.8 Å². The van der Waals surface area contributed by atoms with Crippen LogP contribution in [0.4, 0.5) is 0 Å². The Hall–Kier alpha value is -1.79. The molecule has 21 heavy (non-hydrogen) atoms. The molecule has 0 radical (unpaired) electrons. The summed E-state index contributed by atoms with van der Waals surface area (Å²) in [5, 5.41) is 10.9. The predicted octanol–water partition coefficient (Wildman–Crippen LogP) is 4.58. The normalized spacial score (nSPS) is 10.9. The topological polar surface area (TPSA) is 63.3 Å². The van der Waals surface area contributed by atoms with Gasteiger partial charge in [0.15, 0.2) is 0 Å². The molecule has 0 amide bonds. The summed E-state index contributed by atoms with van der Waals surface area (Å²) in [6, 6.07) is 11.1. The number of carboxylic acid groups (broad SMARTS) is 1. The van der Waals surface area contributed by atoms with Crippen molar-refractivity contribution in [1.82, 2.24) is 4.98 Å². The molecule has 0 aliphatic carbocycles. The number of thioether (sulfide) groups is 1. The Morgan fingerprint density at radius 2 is 2.10 bits per heavy atom. The molecule has 0 atom stereocenters. The number of benzene rings is 1. The lowest BCUT2D eigenvalue weighted by Gasteiger charge is -2.01. The number of furan rings is 1. The highest BCUT2D eigenvalue weighted by Gasteiger charge is 2.19. The Morgan fingerprint density at radius 1 is 1.29 bits per heavy atom. The minimum absolute atomic E-state index is 0.000752. The second kappa shape index (κ2) is 5.91. The van der Waals surface area contributed by atoms with Gasteiger partial charge in [0, 0.05) is 27.4 Å². The van der Waals surface area contributed by atoms with Gasteiger partial charge in [-0.15, -0.1) is 11.8 Å². The van der Waals surface area contributed by atoms with E-state index in [1.807, 2.05) is 30.3 Å². The van der Waals surface area contributed by atoms with E-state index in [0.29, 0.717) is 16.9 Å². The maximum Gasteiger partial charge on any atom is 0.372 e. The van der Waals surface area contributed by atoms with Crippen LogP contribution in [-0.2, 0) is 5.75 Å². The number of hydrogen-bond donors (Lipinski definition) is 1. The molecule has 1 N–H and O–H groups in total. The van der Waals surface area contributed by atoms with E-state index < -0.39 is 5.97 Å². The smallest absolute Gasteiger partial charge is 0.372 e. The third kappa shape index (κ3) is 2.96. The van der Waals surface area contributed by atoms with E-state index in [4.69, 9.17) is 4.42 Å². The first-order valence-electron chi connectivity index (χ1n) is 6.13. The third-order valence-corrected chi connectivity index (χ3v) is 4.40. The average molecular weight is 364 g/mol. The number of rotatable bonds is 4. The number of para-hydroxylation sites is 1. The van der Waals surface area contributed by atoms with Crippen molar-refractivity contribution >= 4 is 44.6 Å². The first-order chi connectivity index (χ1) is 10.1. The maximum atomic E-state index is 11.3. The Balaban J connectivity index is 1.93. The Labute approximate surface area is 133 Å². The number of hydrogen-bond acceptors (Lipinski definition) is 4. The van der Waals surface area contributed by atoms with Gasteiger partial charge in [-0.25, -0.2) is 9.78 Å². The summed E-state index contributed by atoms with van der Waals surface area (Å²) in [7, 11) is 0. The first kappa shape index (κ1) is 14.2. The fraction of sp³-hybridized carbons (Fsp3) is 0.0667. The van der Waals surface area contributed by atoms with Crippen LogP contribution in [0.15, 0.2) is 56.5 Å². The fourth-order valence-corrected chi connectivity index (χ4v) is 3.11. The van der Waals surface area contributed by atoms with E-state index in [9.17, 15) is 9.90 Å². The molecule has 2 heterocycles. The number of aromatic nitrogens is 1. The van der Waals surface area contributed by atoms with E-state index in [0.717, 1.165) is 14.9 Å². The lowest BCUT2D eigenvalue weighted by Crippen LogP contribution is -1.98. The van der Waals surface area contributed by atoms with Crippen LogP contribution in [0.5, 0.6) is 0 Å². The number of carbonyl (C=O) groups is 1. The zero-order valence-electron chi connectivity index (χ0n) is 10.7. The number of carboxylic acids is 1. The summed E-state index contributed by atoms with van der Waals surface area (Å²) in [4.78, 5) is 15.6. The first-order valence-corrected chi connectivity index (χ1v) is 7.91. The van der Waals surface area contributed by atoms with Gasteiger partial charge in [0.2, 0.25) is 5.76 Å². The summed E-state index contributed by atoms with van der Waals surface area (Å²) in [5.41, 5.74) is 1.28. The molecule has 0 fully saturated rings. The molecule has 0 bridgehead atoms. The van der Waals surface area contributed by atoms with Gasteiger partial charge in [-0.2, -0.15) is 0 Å². The molecule has 106 valence electrons. The van der Waals surface area contributed by atoms with Crippen LogP contribution < -0.4 is 0 Å². The van der Waals surface area contributed by atoms with Crippen LogP contribution >= 0.6 is 27.7 Å². The van der Waals surface area contributed by atoms with Crippen molar-refractivity contribution in [3.63, 3.8) is 0 Å². The summed E-state index contributed by atoms with van der Waals surface area (Å²) >= 11 is 4.81. The molecule has 2 aromatic heterocycles. The standard InChI is InChI=1S/C15H10BrNO3S/c16-9-5-6-13(17-7-9)21-8-11-10-3-1-2-4-12(10)20-14(11)15(18)19/h1-7H,8H2,(H,18,19). The number of halogens is 1. The van der Waals surface area contributed by atoms with Gasteiger partial charge in [-0.3, -0.25) is 0 Å². The molecule has 3 rings (SSSR count). The van der Waals surface area contributed by atoms with Gasteiger partial charge in [0.1, 0.15) is 5.58 Å².